The van der Waals surface area contributed by atoms with Crippen LogP contribution < -0.4 is 10.9 Å². The molecule has 2 heterocycles. The normalized spacial score (nSPS) is 19.3. The number of hydrogen-bond donors (Lipinski definition) is 1. The van der Waals surface area contributed by atoms with E-state index in [1.807, 2.05) is 0 Å². The van der Waals surface area contributed by atoms with E-state index < -0.39 is 34.7 Å². The molecule has 4 aromatic rings. The predicted octanol–water partition coefficient (Wildman–Crippen LogP) is 5.71. The summed E-state index contributed by atoms with van der Waals surface area (Å²) in [5.74, 6) is -1.06. The molecule has 37 heavy (non-hydrogen) atoms. The number of anilines is 1. The molecule has 190 valence electrons. The Morgan fingerprint density at radius 1 is 1.08 bits per heavy atom. The molecule has 6 nitrogen and oxygen atoms in total. The third kappa shape index (κ3) is 4.91. The van der Waals surface area contributed by atoms with Crippen molar-refractivity contribution in [2.24, 2.45) is 0 Å². The maximum atomic E-state index is 13.9. The van der Waals surface area contributed by atoms with E-state index in [1.165, 1.54) is 28.8 Å². The molecule has 0 atom stereocenters. The van der Waals surface area contributed by atoms with Crippen molar-refractivity contribution in [3.63, 3.8) is 0 Å². The van der Waals surface area contributed by atoms with Gasteiger partial charge in [0, 0.05) is 25.1 Å². The summed E-state index contributed by atoms with van der Waals surface area (Å²) in [5.41, 5.74) is -2.18. The van der Waals surface area contributed by atoms with Crippen LogP contribution in [-0.2, 0) is 10.9 Å². The highest BCUT2D eigenvalue weighted by atomic mass is 19.4. The summed E-state index contributed by atoms with van der Waals surface area (Å²) in [4.78, 5) is 29.5. The second-order valence-corrected chi connectivity index (χ2v) is 9.25. The van der Waals surface area contributed by atoms with Gasteiger partial charge in [-0.1, -0.05) is 30.3 Å². The summed E-state index contributed by atoms with van der Waals surface area (Å²) < 4.78 is 61.3. The van der Waals surface area contributed by atoms with Crippen molar-refractivity contribution in [1.29, 1.82) is 0 Å². The third-order valence-electron chi connectivity index (χ3n) is 6.34. The van der Waals surface area contributed by atoms with Gasteiger partial charge in [0.2, 0.25) is 5.95 Å². The summed E-state index contributed by atoms with van der Waals surface area (Å²) in [6, 6.07) is 15.1. The lowest BCUT2D eigenvalue weighted by Gasteiger charge is -2.44. The maximum absolute atomic E-state index is 13.9. The zero-order valence-corrected chi connectivity index (χ0v) is 19.6. The van der Waals surface area contributed by atoms with Crippen LogP contribution >= 0.6 is 0 Å². The maximum Gasteiger partial charge on any atom is 0.416 e. The number of carbonyl (C=O) groups is 1. The predicted molar refractivity (Wildman–Crippen MR) is 129 cm³/mol. The Balaban J connectivity index is 1.45. The molecule has 1 aliphatic rings. The molecular formula is C27H21F4N3O3. The number of halogens is 4. The lowest BCUT2D eigenvalue weighted by atomic mass is 9.77. The van der Waals surface area contributed by atoms with Crippen LogP contribution in [0.2, 0.25) is 0 Å². The molecule has 1 fully saturated rings. The molecule has 0 bridgehead atoms. The fourth-order valence-electron chi connectivity index (χ4n) is 4.59. The van der Waals surface area contributed by atoms with Crippen LogP contribution in [0.4, 0.5) is 23.5 Å². The van der Waals surface area contributed by atoms with Gasteiger partial charge in [0.15, 0.2) is 0 Å². The van der Waals surface area contributed by atoms with Crippen LogP contribution in [0.1, 0.15) is 35.7 Å². The largest absolute Gasteiger partial charge is 0.456 e. The van der Waals surface area contributed by atoms with Crippen molar-refractivity contribution in [3.8, 4) is 11.1 Å². The number of hydrogen-bond acceptors (Lipinski definition) is 5. The number of rotatable bonds is 5. The van der Waals surface area contributed by atoms with E-state index in [4.69, 9.17) is 4.74 Å². The zero-order valence-electron chi connectivity index (χ0n) is 19.6. The summed E-state index contributed by atoms with van der Waals surface area (Å²) in [6.45, 7) is 1.78. The van der Waals surface area contributed by atoms with E-state index >= 15 is 0 Å². The molecule has 2 aromatic heterocycles. The summed E-state index contributed by atoms with van der Waals surface area (Å²) >= 11 is 0. The molecule has 0 radical (unpaired) electrons. The van der Waals surface area contributed by atoms with Gasteiger partial charge < -0.3 is 10.1 Å². The first-order valence-corrected chi connectivity index (χ1v) is 11.5. The fraction of sp³-hybridized carbons (Fsp3) is 0.222. The minimum absolute atomic E-state index is 0.0373. The SMILES string of the molecule is CC1(OC(=O)c2ccccc2)CC(Nc2nc(=O)c(-c3cccc(F)c3)c3cc(C(F)(F)F)ccn23)C1. The van der Waals surface area contributed by atoms with E-state index in [0.29, 0.717) is 18.4 Å². The summed E-state index contributed by atoms with van der Waals surface area (Å²) in [5, 5.41) is 3.08. The van der Waals surface area contributed by atoms with Crippen LogP contribution in [0.25, 0.3) is 16.6 Å². The summed E-state index contributed by atoms with van der Waals surface area (Å²) in [7, 11) is 0. The smallest absolute Gasteiger partial charge is 0.416 e. The fourth-order valence-corrected chi connectivity index (χ4v) is 4.59. The second kappa shape index (κ2) is 9.02. The molecule has 10 heteroatoms. The van der Waals surface area contributed by atoms with E-state index in [1.54, 1.807) is 37.3 Å². The lowest BCUT2D eigenvalue weighted by Crippen LogP contribution is -2.51. The van der Waals surface area contributed by atoms with Crippen molar-refractivity contribution in [1.82, 2.24) is 9.38 Å². The highest BCUT2D eigenvalue weighted by molar-refractivity contribution is 5.89. The van der Waals surface area contributed by atoms with Gasteiger partial charge in [0.25, 0.3) is 5.56 Å². The number of esters is 1. The van der Waals surface area contributed by atoms with Crippen molar-refractivity contribution >= 4 is 17.4 Å². The molecule has 0 amide bonds. The van der Waals surface area contributed by atoms with E-state index in [0.717, 1.165) is 18.2 Å². The Labute approximate surface area is 208 Å². The number of carbonyl (C=O) groups excluding carboxylic acids is 1. The van der Waals surface area contributed by atoms with Crippen molar-refractivity contribution < 1.29 is 27.1 Å². The van der Waals surface area contributed by atoms with Crippen LogP contribution in [0, 0.1) is 5.82 Å². The van der Waals surface area contributed by atoms with Gasteiger partial charge in [0.1, 0.15) is 11.4 Å². The average Bonchev–Trinajstić information content (AvgIpc) is 2.82. The molecule has 0 spiro atoms. The minimum Gasteiger partial charge on any atom is -0.456 e. The van der Waals surface area contributed by atoms with Crippen LogP contribution in [0.15, 0.2) is 77.7 Å². The molecule has 0 aliphatic heterocycles. The van der Waals surface area contributed by atoms with Gasteiger partial charge in [-0.3, -0.25) is 9.20 Å². The highest BCUT2D eigenvalue weighted by Crippen LogP contribution is 2.38. The van der Waals surface area contributed by atoms with Crippen LogP contribution in [0.3, 0.4) is 0 Å². The number of aromatic nitrogens is 2. The first kappa shape index (κ1) is 24.5. The van der Waals surface area contributed by atoms with Gasteiger partial charge in [0.05, 0.1) is 22.2 Å². The number of fused-ring (bicyclic) bond motifs is 1. The van der Waals surface area contributed by atoms with Gasteiger partial charge in [-0.15, -0.1) is 0 Å². The Morgan fingerprint density at radius 2 is 1.81 bits per heavy atom. The quantitative estimate of drug-likeness (QED) is 0.275. The van der Waals surface area contributed by atoms with E-state index in [9.17, 15) is 27.2 Å². The first-order valence-electron chi connectivity index (χ1n) is 11.5. The third-order valence-corrected chi connectivity index (χ3v) is 6.34. The van der Waals surface area contributed by atoms with E-state index in [-0.39, 0.29) is 28.6 Å². The standard InChI is InChI=1S/C27H21F4N3O3/c1-26(37-24(36)16-6-3-2-4-7-16)14-20(15-26)32-25-33-23(35)22(17-8-5-9-19(28)12-17)21-13-18(27(29,30)31)10-11-34(21)25/h2-13,20H,14-15H2,1H3,(H,32,33,35). The molecular weight excluding hydrogens is 490 g/mol. The van der Waals surface area contributed by atoms with Gasteiger partial charge in [-0.05, 0) is 48.9 Å². The first-order chi connectivity index (χ1) is 17.5. The Morgan fingerprint density at radius 3 is 2.49 bits per heavy atom. The van der Waals surface area contributed by atoms with Gasteiger partial charge in [-0.25, -0.2) is 9.18 Å². The number of pyridine rings is 1. The van der Waals surface area contributed by atoms with Crippen molar-refractivity contribution in [3.05, 3.63) is 100 Å². The molecule has 1 aliphatic carbocycles. The number of benzene rings is 2. The molecule has 5 rings (SSSR count). The number of nitrogens with one attached hydrogen (secondary N) is 1. The number of nitrogens with zero attached hydrogens (tertiary/aromatic N) is 2. The van der Waals surface area contributed by atoms with Crippen LogP contribution in [0.5, 0.6) is 0 Å². The van der Waals surface area contributed by atoms with Gasteiger partial charge >= 0.3 is 12.1 Å². The molecule has 2 aromatic carbocycles. The molecule has 1 N–H and O–H groups in total. The van der Waals surface area contributed by atoms with Gasteiger partial charge in [-0.2, -0.15) is 18.2 Å². The topological polar surface area (TPSA) is 72.7 Å². The summed E-state index contributed by atoms with van der Waals surface area (Å²) in [6.07, 6.45) is -2.68. The number of alkyl halides is 3. The Bertz CT molecular complexity index is 1540. The van der Waals surface area contributed by atoms with Crippen molar-refractivity contribution in [2.75, 3.05) is 5.32 Å². The molecule has 0 unspecified atom stereocenters. The van der Waals surface area contributed by atoms with E-state index in [2.05, 4.69) is 10.3 Å². The Hall–Kier alpha value is -4.21. The minimum atomic E-state index is -4.65. The molecule has 0 saturated heterocycles. The molecule has 1 saturated carbocycles. The average molecular weight is 511 g/mol. The lowest BCUT2D eigenvalue weighted by molar-refractivity contribution is -0.137. The Kier molecular flexibility index (Phi) is 5.97. The monoisotopic (exact) mass is 511 g/mol. The number of ether oxygens (including phenoxy) is 1. The highest BCUT2D eigenvalue weighted by Gasteiger charge is 2.44. The van der Waals surface area contributed by atoms with Crippen LogP contribution in [-0.4, -0.2) is 27.0 Å². The second-order valence-electron chi connectivity index (χ2n) is 9.25. The van der Waals surface area contributed by atoms with Crippen molar-refractivity contribution in [2.45, 2.75) is 37.6 Å². The zero-order chi connectivity index (χ0) is 26.4.